The minimum absolute atomic E-state index is 0.279. The van der Waals surface area contributed by atoms with Gasteiger partial charge in [0.25, 0.3) is 5.91 Å². The SMILES string of the molecule is CN=C(NCCNC(=O)c1ccc(C)c(F)c1)N(C)CCC1CCOCC1. The summed E-state index contributed by atoms with van der Waals surface area (Å²) in [5.74, 6) is 0.872. The van der Waals surface area contributed by atoms with Gasteiger partial charge in [-0.15, -0.1) is 0 Å². The van der Waals surface area contributed by atoms with Crippen molar-refractivity contribution >= 4 is 11.9 Å². The van der Waals surface area contributed by atoms with Gasteiger partial charge in [-0.1, -0.05) is 6.07 Å². The van der Waals surface area contributed by atoms with Crippen LogP contribution in [0.4, 0.5) is 4.39 Å². The lowest BCUT2D eigenvalue weighted by Gasteiger charge is -2.26. The summed E-state index contributed by atoms with van der Waals surface area (Å²) in [7, 11) is 3.77. The van der Waals surface area contributed by atoms with Gasteiger partial charge in [0.15, 0.2) is 5.96 Å². The zero-order valence-corrected chi connectivity index (χ0v) is 16.6. The van der Waals surface area contributed by atoms with Crippen LogP contribution in [-0.2, 0) is 4.74 Å². The molecule has 2 N–H and O–H groups in total. The molecule has 1 aliphatic heterocycles. The first-order chi connectivity index (χ1) is 13.0. The Morgan fingerprint density at radius 1 is 1.30 bits per heavy atom. The molecule has 27 heavy (non-hydrogen) atoms. The molecule has 6 nitrogen and oxygen atoms in total. The maximum absolute atomic E-state index is 13.6. The van der Waals surface area contributed by atoms with E-state index in [2.05, 4.69) is 20.5 Å². The van der Waals surface area contributed by atoms with E-state index >= 15 is 0 Å². The van der Waals surface area contributed by atoms with Gasteiger partial charge in [0.2, 0.25) is 0 Å². The van der Waals surface area contributed by atoms with E-state index < -0.39 is 0 Å². The number of amides is 1. The van der Waals surface area contributed by atoms with E-state index in [-0.39, 0.29) is 11.7 Å². The highest BCUT2D eigenvalue weighted by atomic mass is 19.1. The van der Waals surface area contributed by atoms with Crippen molar-refractivity contribution in [3.05, 3.63) is 35.1 Å². The van der Waals surface area contributed by atoms with Crippen LogP contribution in [0.3, 0.4) is 0 Å². The fraction of sp³-hybridized carbons (Fsp3) is 0.600. The standard InChI is InChI=1S/C20H31FN4O2/c1-15-4-5-17(14-18(15)21)19(26)23-9-10-24-20(22-2)25(3)11-6-16-7-12-27-13-8-16/h4-5,14,16H,6-13H2,1-3H3,(H,22,24)(H,23,26). The monoisotopic (exact) mass is 378 g/mol. The first-order valence-corrected chi connectivity index (χ1v) is 9.55. The van der Waals surface area contributed by atoms with Crippen LogP contribution in [0.5, 0.6) is 0 Å². The number of rotatable bonds is 7. The van der Waals surface area contributed by atoms with Crippen LogP contribution in [0.25, 0.3) is 0 Å². The third-order valence-electron chi connectivity index (χ3n) is 4.91. The van der Waals surface area contributed by atoms with Gasteiger partial charge in [0.05, 0.1) is 0 Å². The fourth-order valence-electron chi connectivity index (χ4n) is 3.09. The van der Waals surface area contributed by atoms with Crippen molar-refractivity contribution in [1.29, 1.82) is 0 Å². The van der Waals surface area contributed by atoms with Crippen LogP contribution in [0.15, 0.2) is 23.2 Å². The molecule has 0 atom stereocenters. The van der Waals surface area contributed by atoms with Crippen LogP contribution >= 0.6 is 0 Å². The molecule has 1 heterocycles. The molecule has 0 bridgehead atoms. The largest absolute Gasteiger partial charge is 0.381 e. The number of nitrogens with one attached hydrogen (secondary N) is 2. The number of aliphatic imine (C=N–C) groups is 1. The van der Waals surface area contributed by atoms with E-state index in [4.69, 9.17) is 4.74 Å². The third-order valence-corrected chi connectivity index (χ3v) is 4.91. The Morgan fingerprint density at radius 2 is 2.00 bits per heavy atom. The molecular formula is C20H31FN4O2. The minimum atomic E-state index is -0.368. The second-order valence-electron chi connectivity index (χ2n) is 6.96. The van der Waals surface area contributed by atoms with Gasteiger partial charge in [-0.2, -0.15) is 0 Å². The van der Waals surface area contributed by atoms with Gasteiger partial charge in [0.1, 0.15) is 5.82 Å². The molecule has 0 spiro atoms. The Labute approximate surface area is 161 Å². The third kappa shape index (κ3) is 6.82. The van der Waals surface area contributed by atoms with Gasteiger partial charge in [-0.05, 0) is 49.8 Å². The van der Waals surface area contributed by atoms with Crippen molar-refractivity contribution in [1.82, 2.24) is 15.5 Å². The van der Waals surface area contributed by atoms with Crippen molar-refractivity contribution in [2.45, 2.75) is 26.2 Å². The summed E-state index contributed by atoms with van der Waals surface area (Å²) < 4.78 is 19.0. The van der Waals surface area contributed by atoms with E-state index in [9.17, 15) is 9.18 Å². The molecule has 1 aliphatic rings. The molecule has 1 saturated heterocycles. The predicted octanol–water partition coefficient (Wildman–Crippen LogP) is 2.19. The van der Waals surface area contributed by atoms with Gasteiger partial charge >= 0.3 is 0 Å². The molecule has 150 valence electrons. The van der Waals surface area contributed by atoms with Crippen molar-refractivity contribution < 1.29 is 13.9 Å². The van der Waals surface area contributed by atoms with E-state index in [0.29, 0.717) is 30.1 Å². The van der Waals surface area contributed by atoms with Crippen molar-refractivity contribution in [3.63, 3.8) is 0 Å². The van der Waals surface area contributed by atoms with E-state index in [0.717, 1.165) is 45.0 Å². The summed E-state index contributed by atoms with van der Waals surface area (Å²) in [4.78, 5) is 18.5. The fourth-order valence-corrected chi connectivity index (χ4v) is 3.09. The normalized spacial score (nSPS) is 15.5. The molecule has 1 amide bonds. The number of aryl methyl sites for hydroxylation is 1. The number of carbonyl (C=O) groups excluding carboxylic acids is 1. The first kappa shape index (κ1) is 21.2. The van der Waals surface area contributed by atoms with Gasteiger partial charge in [-0.3, -0.25) is 9.79 Å². The summed E-state index contributed by atoms with van der Waals surface area (Å²) in [6.07, 6.45) is 3.38. The lowest BCUT2D eigenvalue weighted by Crippen LogP contribution is -2.43. The number of carbonyl (C=O) groups is 1. The molecular weight excluding hydrogens is 347 g/mol. The topological polar surface area (TPSA) is 66.0 Å². The molecule has 0 unspecified atom stereocenters. The molecule has 2 rings (SSSR count). The van der Waals surface area contributed by atoms with Crippen molar-refractivity contribution in [2.24, 2.45) is 10.9 Å². The summed E-state index contributed by atoms with van der Waals surface area (Å²) in [6.45, 7) is 5.32. The summed E-state index contributed by atoms with van der Waals surface area (Å²) in [6, 6.07) is 4.50. The maximum Gasteiger partial charge on any atom is 0.251 e. The zero-order chi connectivity index (χ0) is 19.6. The Balaban J connectivity index is 1.68. The molecule has 7 heteroatoms. The Kier molecular flexibility index (Phi) is 8.51. The average Bonchev–Trinajstić information content (AvgIpc) is 2.69. The quantitative estimate of drug-likeness (QED) is 0.434. The summed E-state index contributed by atoms with van der Waals surface area (Å²) >= 11 is 0. The molecule has 1 fully saturated rings. The molecule has 1 aromatic carbocycles. The highest BCUT2D eigenvalue weighted by Gasteiger charge is 2.15. The lowest BCUT2D eigenvalue weighted by atomic mass is 9.96. The van der Waals surface area contributed by atoms with Crippen LogP contribution in [0, 0.1) is 18.7 Å². The number of ether oxygens (including phenoxy) is 1. The second kappa shape index (κ2) is 10.9. The number of guanidine groups is 1. The van der Waals surface area contributed by atoms with E-state index in [1.165, 1.54) is 6.07 Å². The Hall–Kier alpha value is -2.15. The number of nitrogens with zero attached hydrogens (tertiary/aromatic N) is 2. The maximum atomic E-state index is 13.6. The first-order valence-electron chi connectivity index (χ1n) is 9.55. The molecule has 1 aromatic rings. The van der Waals surface area contributed by atoms with E-state index in [1.54, 1.807) is 26.1 Å². The Morgan fingerprint density at radius 3 is 2.67 bits per heavy atom. The van der Waals surface area contributed by atoms with Gasteiger partial charge in [0, 0.05) is 52.5 Å². The number of benzene rings is 1. The summed E-state index contributed by atoms with van der Waals surface area (Å²) in [5, 5.41) is 6.04. The zero-order valence-electron chi connectivity index (χ0n) is 16.6. The highest BCUT2D eigenvalue weighted by Crippen LogP contribution is 2.18. The Bertz CT molecular complexity index is 645. The van der Waals surface area contributed by atoms with Crippen LogP contribution in [-0.4, -0.2) is 63.7 Å². The van der Waals surface area contributed by atoms with Gasteiger partial charge in [-0.25, -0.2) is 4.39 Å². The van der Waals surface area contributed by atoms with Crippen molar-refractivity contribution in [2.75, 3.05) is 46.9 Å². The van der Waals surface area contributed by atoms with Crippen LogP contribution in [0.1, 0.15) is 35.2 Å². The van der Waals surface area contributed by atoms with E-state index in [1.807, 2.05) is 7.05 Å². The molecule has 0 saturated carbocycles. The predicted molar refractivity (Wildman–Crippen MR) is 106 cm³/mol. The van der Waals surface area contributed by atoms with Gasteiger partial charge < -0.3 is 20.3 Å². The second-order valence-corrected chi connectivity index (χ2v) is 6.96. The van der Waals surface area contributed by atoms with Crippen molar-refractivity contribution in [3.8, 4) is 0 Å². The average molecular weight is 378 g/mol. The lowest BCUT2D eigenvalue weighted by molar-refractivity contribution is 0.0625. The highest BCUT2D eigenvalue weighted by molar-refractivity contribution is 5.94. The number of hydrogen-bond donors (Lipinski definition) is 2. The number of halogens is 1. The smallest absolute Gasteiger partial charge is 0.251 e. The van der Waals surface area contributed by atoms with Crippen LogP contribution in [0.2, 0.25) is 0 Å². The molecule has 0 radical (unpaired) electrons. The summed E-state index contributed by atoms with van der Waals surface area (Å²) in [5.41, 5.74) is 0.858. The van der Waals surface area contributed by atoms with Crippen LogP contribution < -0.4 is 10.6 Å². The minimum Gasteiger partial charge on any atom is -0.381 e. The molecule has 0 aromatic heterocycles. The molecule has 0 aliphatic carbocycles. The number of hydrogen-bond acceptors (Lipinski definition) is 3.